The Morgan fingerprint density at radius 3 is 2.19 bits per heavy atom. The quantitative estimate of drug-likeness (QED) is 0.343. The van der Waals surface area contributed by atoms with Crippen molar-refractivity contribution in [2.75, 3.05) is 6.61 Å². The first-order valence-corrected chi connectivity index (χ1v) is 12.7. The van der Waals surface area contributed by atoms with Gasteiger partial charge in [0.1, 0.15) is 6.61 Å². The molecule has 5 rings (SSSR count). The highest BCUT2D eigenvalue weighted by Gasteiger charge is 2.52. The first-order chi connectivity index (χ1) is 18.0. The predicted molar refractivity (Wildman–Crippen MR) is 141 cm³/mol. The van der Waals surface area contributed by atoms with E-state index in [0.29, 0.717) is 19.0 Å². The lowest BCUT2D eigenvalue weighted by Crippen LogP contribution is -2.49. The molecule has 0 aliphatic heterocycles. The fourth-order valence-corrected chi connectivity index (χ4v) is 5.32. The maximum absolute atomic E-state index is 13.3. The van der Waals surface area contributed by atoms with Crippen LogP contribution in [0, 0.1) is 5.92 Å². The summed E-state index contributed by atoms with van der Waals surface area (Å²) in [6.45, 7) is 4.62. The van der Waals surface area contributed by atoms with E-state index in [1.54, 1.807) is 13.8 Å². The van der Waals surface area contributed by atoms with Crippen LogP contribution in [0.25, 0.3) is 0 Å². The van der Waals surface area contributed by atoms with E-state index >= 15 is 0 Å². The third-order valence-electron chi connectivity index (χ3n) is 7.00. The minimum absolute atomic E-state index is 0.240. The molecule has 1 aromatic heterocycles. The fraction of sp³-hybridized carbons (Fsp3) is 0.290. The summed E-state index contributed by atoms with van der Waals surface area (Å²) in [5.74, 6) is -1.23. The summed E-state index contributed by atoms with van der Waals surface area (Å²) in [6, 6.07) is 29.8. The van der Waals surface area contributed by atoms with Gasteiger partial charge >= 0.3 is 5.97 Å². The topological polar surface area (TPSA) is 73.6 Å². The molecule has 0 fully saturated rings. The van der Waals surface area contributed by atoms with Crippen LogP contribution in [-0.2, 0) is 29.1 Å². The molecule has 1 aliphatic carbocycles. The number of carbonyl (C=O) groups excluding carboxylic acids is 1. The van der Waals surface area contributed by atoms with E-state index in [9.17, 15) is 9.90 Å². The summed E-state index contributed by atoms with van der Waals surface area (Å²) in [5.41, 5.74) is 3.38. The average molecular weight is 497 g/mol. The smallest absolute Gasteiger partial charge is 0.312 e. The SMILES string of the molecule is CCOC(=O)[C@@H]1[C@@H](c2ccccc2)c2c(OCc3ccccc3)nn(Cc3ccccc3)c2C[C@]1(C)O. The number of aromatic nitrogens is 2. The van der Waals surface area contributed by atoms with Crippen molar-refractivity contribution < 1.29 is 19.4 Å². The van der Waals surface area contributed by atoms with Crippen LogP contribution < -0.4 is 4.74 Å². The molecule has 6 nitrogen and oxygen atoms in total. The summed E-state index contributed by atoms with van der Waals surface area (Å²) in [7, 11) is 0. The normalized spacial score (nSPS) is 20.7. The van der Waals surface area contributed by atoms with Crippen LogP contribution in [0.1, 0.15) is 47.7 Å². The van der Waals surface area contributed by atoms with Gasteiger partial charge in [-0.05, 0) is 30.5 Å². The molecule has 37 heavy (non-hydrogen) atoms. The van der Waals surface area contributed by atoms with Gasteiger partial charge in [-0.15, -0.1) is 5.10 Å². The number of rotatable bonds is 8. The Bertz CT molecular complexity index is 1330. The fourth-order valence-electron chi connectivity index (χ4n) is 5.32. The number of hydrogen-bond acceptors (Lipinski definition) is 5. The van der Waals surface area contributed by atoms with Crippen LogP contribution in [0.5, 0.6) is 5.88 Å². The first kappa shape index (κ1) is 24.8. The van der Waals surface area contributed by atoms with Gasteiger partial charge in [0.15, 0.2) is 0 Å². The molecule has 0 unspecified atom stereocenters. The second-order valence-corrected chi connectivity index (χ2v) is 9.74. The van der Waals surface area contributed by atoms with Gasteiger partial charge in [-0.2, -0.15) is 0 Å². The summed E-state index contributed by atoms with van der Waals surface area (Å²) in [4.78, 5) is 13.3. The van der Waals surface area contributed by atoms with Crippen LogP contribution in [-0.4, -0.2) is 33.1 Å². The minimum Gasteiger partial charge on any atom is -0.472 e. The molecule has 4 aromatic rings. The zero-order valence-electron chi connectivity index (χ0n) is 21.2. The van der Waals surface area contributed by atoms with Gasteiger partial charge in [0.2, 0.25) is 5.88 Å². The number of nitrogens with zero attached hydrogens (tertiary/aromatic N) is 2. The van der Waals surface area contributed by atoms with Crippen molar-refractivity contribution in [1.82, 2.24) is 9.78 Å². The van der Waals surface area contributed by atoms with E-state index in [1.165, 1.54) is 0 Å². The zero-order chi connectivity index (χ0) is 25.8. The average Bonchev–Trinajstić information content (AvgIpc) is 3.23. The van der Waals surface area contributed by atoms with Crippen molar-refractivity contribution in [2.45, 2.75) is 44.9 Å². The molecule has 0 amide bonds. The molecule has 190 valence electrons. The van der Waals surface area contributed by atoms with Crippen LogP contribution in [0.15, 0.2) is 91.0 Å². The number of esters is 1. The van der Waals surface area contributed by atoms with Crippen molar-refractivity contribution in [3.8, 4) is 5.88 Å². The predicted octanol–water partition coefficient (Wildman–Crippen LogP) is 5.13. The van der Waals surface area contributed by atoms with Gasteiger partial charge in [-0.3, -0.25) is 9.48 Å². The van der Waals surface area contributed by atoms with Crippen LogP contribution in [0.4, 0.5) is 0 Å². The van der Waals surface area contributed by atoms with E-state index in [4.69, 9.17) is 14.6 Å². The summed E-state index contributed by atoms with van der Waals surface area (Å²) in [5, 5.41) is 16.6. The molecule has 0 spiro atoms. The lowest BCUT2D eigenvalue weighted by atomic mass is 9.66. The Morgan fingerprint density at radius 2 is 1.57 bits per heavy atom. The van der Waals surface area contributed by atoms with Gasteiger partial charge in [0.25, 0.3) is 0 Å². The van der Waals surface area contributed by atoms with Crippen molar-refractivity contribution in [1.29, 1.82) is 0 Å². The number of hydrogen-bond donors (Lipinski definition) is 1. The molecule has 0 radical (unpaired) electrons. The molecule has 3 atom stereocenters. The highest BCUT2D eigenvalue weighted by molar-refractivity contribution is 5.77. The second-order valence-electron chi connectivity index (χ2n) is 9.74. The van der Waals surface area contributed by atoms with Gasteiger partial charge in [0, 0.05) is 23.6 Å². The third kappa shape index (κ3) is 5.16. The van der Waals surface area contributed by atoms with Crippen molar-refractivity contribution >= 4 is 5.97 Å². The lowest BCUT2D eigenvalue weighted by Gasteiger charge is -2.41. The van der Waals surface area contributed by atoms with Crippen LogP contribution in [0.2, 0.25) is 0 Å². The third-order valence-corrected chi connectivity index (χ3v) is 7.00. The highest BCUT2D eigenvalue weighted by atomic mass is 16.5. The Hall–Kier alpha value is -3.90. The summed E-state index contributed by atoms with van der Waals surface area (Å²) in [6.07, 6.45) is 0.254. The Kier molecular flexibility index (Phi) is 7.10. The molecule has 6 heteroatoms. The van der Waals surface area contributed by atoms with E-state index in [0.717, 1.165) is 27.9 Å². The number of aliphatic hydroxyl groups is 1. The van der Waals surface area contributed by atoms with Gasteiger partial charge in [-0.25, -0.2) is 0 Å². The number of fused-ring (bicyclic) bond motifs is 1. The number of benzene rings is 3. The molecule has 0 bridgehead atoms. The molecular formula is C31H32N2O4. The van der Waals surface area contributed by atoms with Crippen LogP contribution >= 0.6 is 0 Å². The Labute approximate surface area is 217 Å². The number of ether oxygens (including phenoxy) is 2. The largest absolute Gasteiger partial charge is 0.472 e. The zero-order valence-corrected chi connectivity index (χ0v) is 21.2. The molecule has 3 aromatic carbocycles. The maximum atomic E-state index is 13.3. The molecule has 1 aliphatic rings. The minimum atomic E-state index is -1.34. The van der Waals surface area contributed by atoms with Crippen molar-refractivity contribution in [3.63, 3.8) is 0 Å². The molecule has 1 N–H and O–H groups in total. The standard InChI is InChI=1S/C31H32N2O4/c1-3-36-30(34)28-26(24-17-11-6-12-18-24)27-25(19-31(28,2)35)33(20-22-13-7-4-8-14-22)32-29(27)37-21-23-15-9-5-10-16-23/h4-18,26,28,35H,3,19-21H2,1-2H3/t26-,28-,31-/m0/s1. The maximum Gasteiger partial charge on any atom is 0.312 e. The monoisotopic (exact) mass is 496 g/mol. The molecule has 0 saturated carbocycles. The second kappa shape index (κ2) is 10.6. The van der Waals surface area contributed by atoms with Crippen molar-refractivity contribution in [2.24, 2.45) is 5.92 Å². The first-order valence-electron chi connectivity index (χ1n) is 12.7. The Morgan fingerprint density at radius 1 is 0.973 bits per heavy atom. The van der Waals surface area contributed by atoms with Crippen LogP contribution in [0.3, 0.4) is 0 Å². The van der Waals surface area contributed by atoms with Crippen molar-refractivity contribution in [3.05, 3.63) is 119 Å². The molecule has 1 heterocycles. The van der Waals surface area contributed by atoms with E-state index in [1.807, 2.05) is 83.5 Å². The van der Waals surface area contributed by atoms with E-state index in [2.05, 4.69) is 12.1 Å². The molecule has 0 saturated heterocycles. The number of carbonyl (C=O) groups is 1. The van der Waals surface area contributed by atoms with Gasteiger partial charge in [-0.1, -0.05) is 91.0 Å². The van der Waals surface area contributed by atoms with E-state index < -0.39 is 23.4 Å². The highest BCUT2D eigenvalue weighted by Crippen LogP contribution is 2.49. The summed E-state index contributed by atoms with van der Waals surface area (Å²) >= 11 is 0. The van der Waals surface area contributed by atoms with Gasteiger partial charge < -0.3 is 14.6 Å². The lowest BCUT2D eigenvalue weighted by molar-refractivity contribution is -0.159. The van der Waals surface area contributed by atoms with Gasteiger partial charge in [0.05, 0.1) is 24.7 Å². The molecular weight excluding hydrogens is 464 g/mol. The van der Waals surface area contributed by atoms with E-state index in [-0.39, 0.29) is 13.0 Å². The summed E-state index contributed by atoms with van der Waals surface area (Å²) < 4.78 is 13.8. The Balaban J connectivity index is 1.66.